The van der Waals surface area contributed by atoms with Crippen molar-refractivity contribution >= 4 is 11.6 Å². The van der Waals surface area contributed by atoms with Crippen LogP contribution in [0.5, 0.6) is 5.75 Å². The molecule has 0 atom stereocenters. The number of aromatic nitrogens is 1. The van der Waals surface area contributed by atoms with E-state index in [2.05, 4.69) is 16.0 Å². The van der Waals surface area contributed by atoms with Crippen molar-refractivity contribution in [3.05, 3.63) is 53.9 Å². The maximum absolute atomic E-state index is 12.5. The van der Waals surface area contributed by atoms with Crippen molar-refractivity contribution in [3.8, 4) is 5.75 Å². The van der Waals surface area contributed by atoms with Gasteiger partial charge in [0, 0.05) is 38.1 Å². The summed E-state index contributed by atoms with van der Waals surface area (Å²) in [6.07, 6.45) is 1.66. The van der Waals surface area contributed by atoms with E-state index >= 15 is 0 Å². The molecule has 1 aromatic heterocycles. The summed E-state index contributed by atoms with van der Waals surface area (Å²) in [4.78, 5) is 20.9. The number of hydrogen-bond donors (Lipinski definition) is 0. The number of hydrogen-bond acceptors (Lipinski definition) is 4. The van der Waals surface area contributed by atoms with E-state index in [4.69, 9.17) is 4.74 Å². The maximum Gasteiger partial charge on any atom is 0.255 e. The highest BCUT2D eigenvalue weighted by atomic mass is 16.5. The molecule has 0 saturated carbocycles. The molecule has 1 aliphatic rings. The van der Waals surface area contributed by atoms with Gasteiger partial charge < -0.3 is 14.5 Å². The minimum atomic E-state index is 0.0529. The maximum atomic E-state index is 12.5. The molecule has 0 N–H and O–H groups in total. The second-order valence-electron chi connectivity index (χ2n) is 5.64. The van der Waals surface area contributed by atoms with E-state index < -0.39 is 0 Å². The predicted octanol–water partition coefficient (Wildman–Crippen LogP) is 2.36. The molecule has 1 saturated heterocycles. The van der Waals surface area contributed by atoms with Gasteiger partial charge in [0.1, 0.15) is 5.75 Å². The number of methoxy groups -OCH3 is 1. The Balaban J connectivity index is 1.66. The van der Waals surface area contributed by atoms with Gasteiger partial charge in [-0.2, -0.15) is 0 Å². The molecular weight excluding hydrogens is 290 g/mol. The van der Waals surface area contributed by atoms with Crippen molar-refractivity contribution < 1.29 is 9.53 Å². The van der Waals surface area contributed by atoms with Crippen LogP contribution in [0.1, 0.15) is 16.1 Å². The van der Waals surface area contributed by atoms with Crippen molar-refractivity contribution in [2.24, 2.45) is 0 Å². The topological polar surface area (TPSA) is 45.7 Å². The summed E-state index contributed by atoms with van der Waals surface area (Å²) in [6.45, 7) is 4.91. The van der Waals surface area contributed by atoms with Crippen LogP contribution in [0.4, 0.5) is 5.69 Å². The first kappa shape index (κ1) is 15.3. The first-order valence-electron chi connectivity index (χ1n) is 7.79. The monoisotopic (exact) mass is 311 g/mol. The third kappa shape index (κ3) is 3.28. The Morgan fingerprint density at radius 3 is 2.48 bits per heavy atom. The van der Waals surface area contributed by atoms with E-state index in [1.807, 2.05) is 42.2 Å². The Bertz CT molecular complexity index is 677. The summed E-state index contributed by atoms with van der Waals surface area (Å²) in [6, 6.07) is 11.7. The fourth-order valence-electron chi connectivity index (χ4n) is 2.82. The zero-order valence-corrected chi connectivity index (χ0v) is 13.5. The SMILES string of the molecule is COc1ccccc1N1CCN(C(=O)c2ccc(C)nc2)CC1. The number of para-hydroxylation sites is 2. The smallest absolute Gasteiger partial charge is 0.255 e. The average Bonchev–Trinajstić information content (AvgIpc) is 2.62. The first-order valence-corrected chi connectivity index (χ1v) is 7.79. The van der Waals surface area contributed by atoms with Crippen molar-refractivity contribution in [1.82, 2.24) is 9.88 Å². The lowest BCUT2D eigenvalue weighted by Gasteiger charge is -2.36. The molecular formula is C18H21N3O2. The van der Waals surface area contributed by atoms with Crippen molar-refractivity contribution in [3.63, 3.8) is 0 Å². The van der Waals surface area contributed by atoms with Crippen LogP contribution in [0.25, 0.3) is 0 Å². The van der Waals surface area contributed by atoms with E-state index in [-0.39, 0.29) is 5.91 Å². The third-order valence-electron chi connectivity index (χ3n) is 4.15. The molecule has 0 unspecified atom stereocenters. The van der Waals surface area contributed by atoms with Crippen LogP contribution >= 0.6 is 0 Å². The van der Waals surface area contributed by atoms with Crippen molar-refractivity contribution in [1.29, 1.82) is 0 Å². The summed E-state index contributed by atoms with van der Waals surface area (Å²) < 4.78 is 5.42. The number of rotatable bonds is 3. The molecule has 2 aromatic rings. The van der Waals surface area contributed by atoms with Gasteiger partial charge in [-0.05, 0) is 31.2 Å². The molecule has 1 amide bonds. The van der Waals surface area contributed by atoms with Gasteiger partial charge in [0.05, 0.1) is 18.4 Å². The van der Waals surface area contributed by atoms with Gasteiger partial charge in [0.2, 0.25) is 0 Å². The molecule has 1 aromatic carbocycles. The quantitative estimate of drug-likeness (QED) is 0.873. The van der Waals surface area contributed by atoms with Crippen LogP contribution in [0.3, 0.4) is 0 Å². The molecule has 3 rings (SSSR count). The second kappa shape index (κ2) is 6.69. The Morgan fingerprint density at radius 2 is 1.83 bits per heavy atom. The molecule has 2 heterocycles. The summed E-state index contributed by atoms with van der Waals surface area (Å²) in [5, 5.41) is 0. The Morgan fingerprint density at radius 1 is 1.09 bits per heavy atom. The fraction of sp³-hybridized carbons (Fsp3) is 0.333. The van der Waals surface area contributed by atoms with Crippen LogP contribution < -0.4 is 9.64 Å². The van der Waals surface area contributed by atoms with Crippen molar-refractivity contribution in [2.45, 2.75) is 6.92 Å². The number of anilines is 1. The molecule has 0 bridgehead atoms. The zero-order chi connectivity index (χ0) is 16.2. The van der Waals surface area contributed by atoms with E-state index in [1.54, 1.807) is 13.3 Å². The van der Waals surface area contributed by atoms with Gasteiger partial charge in [-0.1, -0.05) is 12.1 Å². The molecule has 5 heteroatoms. The Labute approximate surface area is 136 Å². The summed E-state index contributed by atoms with van der Waals surface area (Å²) in [5.74, 6) is 0.923. The lowest BCUT2D eigenvalue weighted by atomic mass is 10.2. The number of pyridine rings is 1. The molecule has 1 fully saturated rings. The zero-order valence-electron chi connectivity index (χ0n) is 13.5. The summed E-state index contributed by atoms with van der Waals surface area (Å²) in [7, 11) is 1.68. The van der Waals surface area contributed by atoms with E-state index in [9.17, 15) is 4.79 Å². The number of carbonyl (C=O) groups excluding carboxylic acids is 1. The van der Waals surface area contributed by atoms with E-state index in [0.29, 0.717) is 18.7 Å². The van der Waals surface area contributed by atoms with Gasteiger partial charge in [0.15, 0.2) is 0 Å². The number of aryl methyl sites for hydroxylation is 1. The van der Waals surface area contributed by atoms with Gasteiger partial charge in [-0.15, -0.1) is 0 Å². The van der Waals surface area contributed by atoms with Crippen LogP contribution in [0.2, 0.25) is 0 Å². The van der Waals surface area contributed by atoms with E-state index in [1.165, 1.54) is 0 Å². The minimum Gasteiger partial charge on any atom is -0.495 e. The number of ether oxygens (including phenoxy) is 1. The Kier molecular flexibility index (Phi) is 4.46. The standard InChI is InChI=1S/C18H21N3O2/c1-14-7-8-15(13-19-14)18(22)21-11-9-20(10-12-21)16-5-3-4-6-17(16)23-2/h3-8,13H,9-12H2,1-2H3. The highest BCUT2D eigenvalue weighted by Crippen LogP contribution is 2.28. The number of carbonyl (C=O) groups is 1. The third-order valence-corrected chi connectivity index (χ3v) is 4.15. The molecule has 23 heavy (non-hydrogen) atoms. The number of piperazine rings is 1. The highest BCUT2D eigenvalue weighted by Gasteiger charge is 2.23. The van der Waals surface area contributed by atoms with E-state index in [0.717, 1.165) is 30.2 Å². The van der Waals surface area contributed by atoms with Crippen LogP contribution in [-0.2, 0) is 0 Å². The average molecular weight is 311 g/mol. The van der Waals surface area contributed by atoms with Gasteiger partial charge in [-0.3, -0.25) is 9.78 Å². The number of amides is 1. The number of benzene rings is 1. The lowest BCUT2D eigenvalue weighted by Crippen LogP contribution is -2.48. The second-order valence-corrected chi connectivity index (χ2v) is 5.64. The first-order chi connectivity index (χ1) is 11.2. The largest absolute Gasteiger partial charge is 0.495 e. The molecule has 0 aliphatic carbocycles. The Hall–Kier alpha value is -2.56. The summed E-state index contributed by atoms with van der Waals surface area (Å²) in [5.41, 5.74) is 2.66. The van der Waals surface area contributed by atoms with Crippen molar-refractivity contribution in [2.75, 3.05) is 38.2 Å². The van der Waals surface area contributed by atoms with Crippen LogP contribution in [0.15, 0.2) is 42.6 Å². The summed E-state index contributed by atoms with van der Waals surface area (Å²) >= 11 is 0. The van der Waals surface area contributed by atoms with Gasteiger partial charge in [0.25, 0.3) is 5.91 Å². The number of nitrogens with zero attached hydrogens (tertiary/aromatic N) is 3. The van der Waals surface area contributed by atoms with Crippen LogP contribution in [-0.4, -0.2) is 49.1 Å². The molecule has 1 aliphatic heterocycles. The minimum absolute atomic E-state index is 0.0529. The highest BCUT2D eigenvalue weighted by molar-refractivity contribution is 5.94. The molecule has 0 radical (unpaired) electrons. The van der Waals surface area contributed by atoms with Gasteiger partial charge in [-0.25, -0.2) is 0 Å². The van der Waals surface area contributed by atoms with Gasteiger partial charge >= 0.3 is 0 Å². The fourth-order valence-corrected chi connectivity index (χ4v) is 2.82. The lowest BCUT2D eigenvalue weighted by molar-refractivity contribution is 0.0746. The molecule has 5 nitrogen and oxygen atoms in total. The normalized spacial score (nSPS) is 14.7. The molecule has 120 valence electrons. The molecule has 0 spiro atoms. The predicted molar refractivity (Wildman–Crippen MR) is 90.1 cm³/mol. The van der Waals surface area contributed by atoms with Crippen LogP contribution in [0, 0.1) is 6.92 Å².